The molecule has 0 aliphatic heterocycles. The van der Waals surface area contributed by atoms with E-state index >= 15 is 0 Å². The van der Waals surface area contributed by atoms with Gasteiger partial charge in [-0.1, -0.05) is 79.7 Å². The summed E-state index contributed by atoms with van der Waals surface area (Å²) in [5, 5.41) is 13.0. The number of hydrogen-bond acceptors (Lipinski definition) is 2. The molecule has 0 aromatic heterocycles. The van der Waals surface area contributed by atoms with Gasteiger partial charge < -0.3 is 5.32 Å². The Morgan fingerprint density at radius 2 is 1.35 bits per heavy atom. The summed E-state index contributed by atoms with van der Waals surface area (Å²) in [6.07, 6.45) is 2.20. The quantitative estimate of drug-likeness (QED) is 0.580. The van der Waals surface area contributed by atoms with Crippen molar-refractivity contribution < 1.29 is 0 Å². The van der Waals surface area contributed by atoms with E-state index in [4.69, 9.17) is 0 Å². The minimum absolute atomic E-state index is 0.439. The van der Waals surface area contributed by atoms with E-state index in [0.29, 0.717) is 12.8 Å². The maximum absolute atomic E-state index is 9.28. The van der Waals surface area contributed by atoms with Crippen molar-refractivity contribution in [3.8, 4) is 6.07 Å². The van der Waals surface area contributed by atoms with Crippen molar-refractivity contribution >= 4 is 5.69 Å². The molecule has 3 aromatic rings. The average Bonchev–Trinajstić information content (AvgIpc) is 2.73. The Morgan fingerprint density at radius 3 is 1.81 bits per heavy atom. The van der Waals surface area contributed by atoms with E-state index in [9.17, 15) is 5.26 Å². The van der Waals surface area contributed by atoms with Crippen LogP contribution < -0.4 is 5.32 Å². The standard InChI is InChI=1S/C24H24N2/c1-2-20-14-16-23(17-15-20)26-24(18-9-19-25,21-10-5-3-6-11-21)22-12-7-4-8-13-22/h3-8,10-17,26H,2,9,18H2,1H3. The van der Waals surface area contributed by atoms with Crippen molar-refractivity contribution in [3.63, 3.8) is 0 Å². The highest BCUT2D eigenvalue weighted by molar-refractivity contribution is 5.54. The molecule has 0 aliphatic rings. The minimum Gasteiger partial charge on any atom is -0.372 e. The molecule has 2 heteroatoms. The molecule has 0 fully saturated rings. The topological polar surface area (TPSA) is 35.8 Å². The molecule has 0 atom stereocenters. The molecule has 0 saturated heterocycles. The number of hydrogen-bond donors (Lipinski definition) is 1. The third-order valence-corrected chi connectivity index (χ3v) is 4.86. The number of nitrogens with zero attached hydrogens (tertiary/aromatic N) is 1. The van der Waals surface area contributed by atoms with Gasteiger partial charge >= 0.3 is 0 Å². The Bertz CT molecular complexity index is 807. The fraction of sp³-hybridized carbons (Fsp3) is 0.208. The smallest absolute Gasteiger partial charge is 0.0889 e. The molecular formula is C24H24N2. The zero-order valence-electron chi connectivity index (χ0n) is 15.2. The molecule has 0 bridgehead atoms. The van der Waals surface area contributed by atoms with Crippen LogP contribution in [0.25, 0.3) is 0 Å². The van der Waals surface area contributed by atoms with Crippen LogP contribution in [0, 0.1) is 11.3 Å². The van der Waals surface area contributed by atoms with Gasteiger partial charge in [-0.15, -0.1) is 0 Å². The molecule has 26 heavy (non-hydrogen) atoms. The van der Waals surface area contributed by atoms with E-state index in [1.165, 1.54) is 16.7 Å². The van der Waals surface area contributed by atoms with Gasteiger partial charge in [-0.05, 0) is 41.7 Å². The maximum atomic E-state index is 9.28. The van der Waals surface area contributed by atoms with E-state index in [2.05, 4.69) is 91.1 Å². The van der Waals surface area contributed by atoms with E-state index in [0.717, 1.165) is 12.1 Å². The molecule has 3 rings (SSSR count). The summed E-state index contributed by atoms with van der Waals surface area (Å²) in [5.41, 5.74) is 4.28. The maximum Gasteiger partial charge on any atom is 0.0889 e. The fourth-order valence-corrected chi connectivity index (χ4v) is 3.42. The Morgan fingerprint density at radius 1 is 0.808 bits per heavy atom. The van der Waals surface area contributed by atoms with Gasteiger partial charge in [-0.3, -0.25) is 0 Å². The molecule has 0 aliphatic carbocycles. The summed E-state index contributed by atoms with van der Waals surface area (Å²) in [6.45, 7) is 2.16. The third-order valence-electron chi connectivity index (χ3n) is 4.86. The second-order valence-electron chi connectivity index (χ2n) is 6.47. The SMILES string of the molecule is CCc1ccc(NC(CCC#N)(c2ccccc2)c2ccccc2)cc1. The van der Waals surface area contributed by atoms with Crippen molar-refractivity contribution in [2.75, 3.05) is 5.32 Å². The van der Waals surface area contributed by atoms with Crippen LogP contribution in [-0.4, -0.2) is 0 Å². The van der Waals surface area contributed by atoms with Gasteiger partial charge in [0.15, 0.2) is 0 Å². The van der Waals surface area contributed by atoms with Crippen molar-refractivity contribution in [1.29, 1.82) is 5.26 Å². The summed E-state index contributed by atoms with van der Waals surface area (Å²) in [4.78, 5) is 0. The molecule has 2 nitrogen and oxygen atoms in total. The van der Waals surface area contributed by atoms with Crippen LogP contribution in [0.5, 0.6) is 0 Å². The number of nitriles is 1. The van der Waals surface area contributed by atoms with E-state index in [-0.39, 0.29) is 0 Å². The van der Waals surface area contributed by atoms with Gasteiger partial charge in [-0.25, -0.2) is 0 Å². The number of benzene rings is 3. The van der Waals surface area contributed by atoms with Crippen molar-refractivity contribution in [2.24, 2.45) is 0 Å². The first-order valence-electron chi connectivity index (χ1n) is 9.13. The summed E-state index contributed by atoms with van der Waals surface area (Å²) < 4.78 is 0. The molecule has 0 radical (unpaired) electrons. The molecule has 0 spiro atoms. The number of aryl methyl sites for hydroxylation is 1. The Hall–Kier alpha value is -3.05. The molecule has 1 N–H and O–H groups in total. The first-order chi connectivity index (χ1) is 12.8. The van der Waals surface area contributed by atoms with Crippen molar-refractivity contribution in [1.82, 2.24) is 0 Å². The average molecular weight is 340 g/mol. The lowest BCUT2D eigenvalue weighted by molar-refractivity contribution is 0.544. The van der Waals surface area contributed by atoms with Gasteiger partial charge in [-0.2, -0.15) is 5.26 Å². The van der Waals surface area contributed by atoms with Crippen molar-refractivity contribution in [3.05, 3.63) is 102 Å². The second kappa shape index (κ2) is 8.36. The zero-order chi connectivity index (χ0) is 18.2. The van der Waals surface area contributed by atoms with Gasteiger partial charge in [0.25, 0.3) is 0 Å². The summed E-state index contributed by atoms with van der Waals surface area (Å²) in [7, 11) is 0. The molecule has 0 heterocycles. The molecule has 130 valence electrons. The Kier molecular flexibility index (Phi) is 5.71. The Labute approximate surface area is 156 Å². The summed E-state index contributed by atoms with van der Waals surface area (Å²) >= 11 is 0. The highest BCUT2D eigenvalue weighted by atomic mass is 15.0. The Balaban J connectivity index is 2.10. The zero-order valence-corrected chi connectivity index (χ0v) is 15.2. The highest BCUT2D eigenvalue weighted by Crippen LogP contribution is 2.37. The van der Waals surface area contributed by atoms with E-state index in [1.54, 1.807) is 0 Å². The third kappa shape index (κ3) is 3.78. The largest absolute Gasteiger partial charge is 0.372 e. The molecule has 0 unspecified atom stereocenters. The lowest BCUT2D eigenvalue weighted by Gasteiger charge is -2.37. The van der Waals surface area contributed by atoms with Gasteiger partial charge in [0, 0.05) is 12.1 Å². The number of anilines is 1. The summed E-state index contributed by atoms with van der Waals surface area (Å²) in [6, 6.07) is 31.7. The van der Waals surface area contributed by atoms with Crippen LogP contribution in [0.2, 0.25) is 0 Å². The molecule has 0 amide bonds. The predicted molar refractivity (Wildman–Crippen MR) is 108 cm³/mol. The van der Waals surface area contributed by atoms with Crippen molar-refractivity contribution in [2.45, 2.75) is 31.7 Å². The van der Waals surface area contributed by atoms with Crippen LogP contribution in [0.1, 0.15) is 36.5 Å². The van der Waals surface area contributed by atoms with Crippen LogP contribution >= 0.6 is 0 Å². The van der Waals surface area contributed by atoms with Gasteiger partial charge in [0.05, 0.1) is 11.6 Å². The first kappa shape index (κ1) is 17.8. The second-order valence-corrected chi connectivity index (χ2v) is 6.47. The lowest BCUT2D eigenvalue weighted by atomic mass is 9.79. The van der Waals surface area contributed by atoms with Crippen LogP contribution in [0.4, 0.5) is 5.69 Å². The monoisotopic (exact) mass is 340 g/mol. The summed E-state index contributed by atoms with van der Waals surface area (Å²) in [5.74, 6) is 0. The predicted octanol–water partition coefficient (Wildman–Crippen LogP) is 5.91. The molecule has 0 saturated carbocycles. The van der Waals surface area contributed by atoms with E-state index < -0.39 is 5.54 Å². The molecular weight excluding hydrogens is 316 g/mol. The number of rotatable bonds is 7. The first-order valence-corrected chi connectivity index (χ1v) is 9.13. The normalized spacial score (nSPS) is 10.9. The van der Waals surface area contributed by atoms with E-state index in [1.807, 2.05) is 12.1 Å². The van der Waals surface area contributed by atoms with Crippen LogP contribution in [0.3, 0.4) is 0 Å². The van der Waals surface area contributed by atoms with Crippen LogP contribution in [-0.2, 0) is 12.0 Å². The lowest BCUT2D eigenvalue weighted by Crippen LogP contribution is -2.36. The highest BCUT2D eigenvalue weighted by Gasteiger charge is 2.33. The number of nitrogens with one attached hydrogen (secondary N) is 1. The molecule has 3 aromatic carbocycles. The van der Waals surface area contributed by atoms with Gasteiger partial charge in [0.1, 0.15) is 0 Å². The minimum atomic E-state index is -0.439. The van der Waals surface area contributed by atoms with Crippen LogP contribution in [0.15, 0.2) is 84.9 Å². The fourth-order valence-electron chi connectivity index (χ4n) is 3.42. The van der Waals surface area contributed by atoms with Gasteiger partial charge in [0.2, 0.25) is 0 Å².